The van der Waals surface area contributed by atoms with E-state index >= 15 is 0 Å². The zero-order valence-corrected chi connectivity index (χ0v) is 12.6. The zero-order chi connectivity index (χ0) is 16.1. The molecule has 21 heavy (non-hydrogen) atoms. The maximum atomic E-state index is 11.9. The smallest absolute Gasteiger partial charge is 0.413 e. The standard InChI is InChI=1S/C13H23F3N2O3/c1-12(2,3)21-11(19)18-6-4-5-10(8-18)7-17-20-9-13(14,15)16/h10,17H,4-9H2,1-3H3. The van der Waals surface area contributed by atoms with Crippen LogP contribution in [0.1, 0.15) is 33.6 Å². The summed E-state index contributed by atoms with van der Waals surface area (Å²) in [5.41, 5.74) is 1.76. The van der Waals surface area contributed by atoms with Gasteiger partial charge < -0.3 is 9.64 Å². The Balaban J connectivity index is 2.30. The molecule has 1 aliphatic rings. The number of hydrogen-bond acceptors (Lipinski definition) is 4. The second kappa shape index (κ2) is 7.31. The lowest BCUT2D eigenvalue weighted by Gasteiger charge is -2.34. The second-order valence-electron chi connectivity index (χ2n) is 6.19. The largest absolute Gasteiger partial charge is 0.444 e. The topological polar surface area (TPSA) is 50.8 Å². The highest BCUT2D eigenvalue weighted by Crippen LogP contribution is 2.19. The van der Waals surface area contributed by atoms with Crippen molar-refractivity contribution in [2.75, 3.05) is 26.2 Å². The first-order chi connectivity index (χ1) is 9.57. The van der Waals surface area contributed by atoms with Gasteiger partial charge in [-0.1, -0.05) is 0 Å². The van der Waals surface area contributed by atoms with Crippen molar-refractivity contribution >= 4 is 6.09 Å². The van der Waals surface area contributed by atoms with Gasteiger partial charge in [0.05, 0.1) is 0 Å². The lowest BCUT2D eigenvalue weighted by atomic mass is 9.99. The minimum Gasteiger partial charge on any atom is -0.444 e. The van der Waals surface area contributed by atoms with Crippen LogP contribution in [0.3, 0.4) is 0 Å². The van der Waals surface area contributed by atoms with Crippen LogP contribution in [0.4, 0.5) is 18.0 Å². The summed E-state index contributed by atoms with van der Waals surface area (Å²) in [6, 6.07) is 0. The van der Waals surface area contributed by atoms with Gasteiger partial charge in [0.2, 0.25) is 0 Å². The summed E-state index contributed by atoms with van der Waals surface area (Å²) >= 11 is 0. The summed E-state index contributed by atoms with van der Waals surface area (Å²) in [5.74, 6) is 0.0551. The average molecular weight is 312 g/mol. The minimum absolute atomic E-state index is 0.0551. The van der Waals surface area contributed by atoms with Crippen LogP contribution >= 0.6 is 0 Å². The van der Waals surface area contributed by atoms with E-state index in [1.165, 1.54) is 0 Å². The van der Waals surface area contributed by atoms with Crippen molar-refractivity contribution in [2.45, 2.75) is 45.4 Å². The first-order valence-corrected chi connectivity index (χ1v) is 6.96. The molecule has 0 bridgehead atoms. The van der Waals surface area contributed by atoms with Crippen molar-refractivity contribution in [3.05, 3.63) is 0 Å². The van der Waals surface area contributed by atoms with Gasteiger partial charge in [0.15, 0.2) is 6.61 Å². The summed E-state index contributed by atoms with van der Waals surface area (Å²) < 4.78 is 41.0. The highest BCUT2D eigenvalue weighted by molar-refractivity contribution is 5.68. The Morgan fingerprint density at radius 1 is 1.33 bits per heavy atom. The van der Waals surface area contributed by atoms with Crippen LogP contribution in [0.25, 0.3) is 0 Å². The third-order valence-electron chi connectivity index (χ3n) is 2.88. The number of ether oxygens (including phenoxy) is 1. The monoisotopic (exact) mass is 312 g/mol. The molecule has 0 aromatic heterocycles. The molecule has 0 spiro atoms. The van der Waals surface area contributed by atoms with E-state index in [-0.39, 0.29) is 18.6 Å². The van der Waals surface area contributed by atoms with E-state index in [1.807, 2.05) is 0 Å². The molecule has 124 valence electrons. The third kappa shape index (κ3) is 8.11. The van der Waals surface area contributed by atoms with Gasteiger partial charge in [-0.05, 0) is 39.5 Å². The van der Waals surface area contributed by atoms with E-state index in [0.29, 0.717) is 13.1 Å². The van der Waals surface area contributed by atoms with Crippen molar-refractivity contribution in [1.29, 1.82) is 0 Å². The SMILES string of the molecule is CC(C)(C)OC(=O)N1CCCC(CNOCC(F)(F)F)C1. The van der Waals surface area contributed by atoms with Crippen molar-refractivity contribution < 1.29 is 27.5 Å². The van der Waals surface area contributed by atoms with Gasteiger partial charge in [0.1, 0.15) is 5.60 Å². The molecule has 0 saturated carbocycles. The number of nitrogens with zero attached hydrogens (tertiary/aromatic N) is 1. The highest BCUT2D eigenvalue weighted by atomic mass is 19.4. The number of halogens is 3. The molecule has 1 amide bonds. The van der Waals surface area contributed by atoms with Crippen molar-refractivity contribution in [2.24, 2.45) is 5.92 Å². The van der Waals surface area contributed by atoms with Crippen LogP contribution in [0, 0.1) is 5.92 Å². The highest BCUT2D eigenvalue weighted by Gasteiger charge is 2.29. The summed E-state index contributed by atoms with van der Waals surface area (Å²) in [6.45, 7) is 5.38. The fourth-order valence-electron chi connectivity index (χ4n) is 2.03. The molecule has 1 aliphatic heterocycles. The first kappa shape index (κ1) is 18.0. The summed E-state index contributed by atoms with van der Waals surface area (Å²) in [7, 11) is 0. The van der Waals surface area contributed by atoms with E-state index in [2.05, 4.69) is 10.3 Å². The molecule has 1 unspecified atom stereocenters. The molecule has 1 heterocycles. The van der Waals surface area contributed by atoms with Gasteiger partial charge in [-0.2, -0.15) is 13.2 Å². The van der Waals surface area contributed by atoms with Crippen LogP contribution in [-0.2, 0) is 9.57 Å². The molecule has 1 atom stereocenters. The van der Waals surface area contributed by atoms with Gasteiger partial charge in [0, 0.05) is 19.6 Å². The Bertz CT molecular complexity index is 343. The fourth-order valence-corrected chi connectivity index (χ4v) is 2.03. The van der Waals surface area contributed by atoms with Crippen LogP contribution in [-0.4, -0.2) is 49.0 Å². The molecule has 5 nitrogen and oxygen atoms in total. The Morgan fingerprint density at radius 2 is 2.00 bits per heavy atom. The third-order valence-corrected chi connectivity index (χ3v) is 2.88. The number of piperidine rings is 1. The van der Waals surface area contributed by atoms with Gasteiger partial charge in [-0.25, -0.2) is 10.3 Å². The maximum Gasteiger partial charge on any atom is 0.413 e. The summed E-state index contributed by atoms with van der Waals surface area (Å²) in [5, 5.41) is 0. The number of rotatable bonds is 4. The Hall–Kier alpha value is -1.02. The number of likely N-dealkylation sites (tertiary alicyclic amines) is 1. The fraction of sp³-hybridized carbons (Fsp3) is 0.923. The number of amides is 1. The van der Waals surface area contributed by atoms with Crippen LogP contribution in [0.2, 0.25) is 0 Å². The number of carbonyl (C=O) groups is 1. The molecule has 1 saturated heterocycles. The van der Waals surface area contributed by atoms with Crippen molar-refractivity contribution in [3.8, 4) is 0 Å². The van der Waals surface area contributed by atoms with E-state index in [9.17, 15) is 18.0 Å². The molecular formula is C13H23F3N2O3. The predicted molar refractivity (Wildman–Crippen MR) is 70.5 cm³/mol. The Labute approximate surface area is 122 Å². The van der Waals surface area contributed by atoms with Crippen LogP contribution < -0.4 is 5.48 Å². The molecule has 1 fully saturated rings. The predicted octanol–water partition coefficient (Wildman–Crippen LogP) is 2.72. The molecule has 0 aliphatic carbocycles. The van der Waals surface area contributed by atoms with Crippen molar-refractivity contribution in [3.63, 3.8) is 0 Å². The summed E-state index contributed by atoms with van der Waals surface area (Å²) in [4.78, 5) is 17.9. The molecule has 8 heteroatoms. The summed E-state index contributed by atoms with van der Waals surface area (Å²) in [6.07, 6.45) is -3.10. The molecular weight excluding hydrogens is 289 g/mol. The Kier molecular flexibility index (Phi) is 6.27. The van der Waals surface area contributed by atoms with Gasteiger partial charge in [-0.15, -0.1) is 0 Å². The quantitative estimate of drug-likeness (QED) is 0.640. The van der Waals surface area contributed by atoms with E-state index in [0.717, 1.165) is 12.8 Å². The second-order valence-corrected chi connectivity index (χ2v) is 6.19. The number of hydrogen-bond donors (Lipinski definition) is 1. The number of nitrogens with one attached hydrogen (secondary N) is 1. The van der Waals surface area contributed by atoms with Crippen LogP contribution in [0.5, 0.6) is 0 Å². The van der Waals surface area contributed by atoms with E-state index < -0.39 is 18.4 Å². The molecule has 0 aromatic rings. The van der Waals surface area contributed by atoms with Crippen molar-refractivity contribution in [1.82, 2.24) is 10.4 Å². The van der Waals surface area contributed by atoms with Gasteiger partial charge in [-0.3, -0.25) is 4.84 Å². The van der Waals surface area contributed by atoms with Gasteiger partial charge >= 0.3 is 12.3 Å². The zero-order valence-electron chi connectivity index (χ0n) is 12.6. The van der Waals surface area contributed by atoms with E-state index in [4.69, 9.17) is 4.74 Å². The number of alkyl halides is 3. The van der Waals surface area contributed by atoms with E-state index in [1.54, 1.807) is 25.7 Å². The normalized spacial score (nSPS) is 20.5. The Morgan fingerprint density at radius 3 is 2.57 bits per heavy atom. The first-order valence-electron chi connectivity index (χ1n) is 6.96. The lowest BCUT2D eigenvalue weighted by Crippen LogP contribution is -2.45. The number of hydroxylamine groups is 1. The molecule has 0 aromatic carbocycles. The minimum atomic E-state index is -4.35. The molecule has 1 rings (SSSR count). The van der Waals surface area contributed by atoms with Gasteiger partial charge in [0.25, 0.3) is 0 Å². The average Bonchev–Trinajstić information content (AvgIpc) is 2.32. The molecule has 0 radical (unpaired) electrons. The molecule has 1 N–H and O–H groups in total. The number of carbonyl (C=O) groups excluding carboxylic acids is 1. The van der Waals surface area contributed by atoms with Crippen LogP contribution in [0.15, 0.2) is 0 Å². The lowest BCUT2D eigenvalue weighted by molar-refractivity contribution is -0.190. The maximum absolute atomic E-state index is 11.9.